The number of carbonyl (C=O) groups is 1. The standard InChI is InChI=1S/C60H114NO7P/c1-6-8-10-12-14-16-18-20-22-24-26-28-29-30-31-32-34-36-38-40-42-44-46-48-50-52-55-65-57-59(58-67-69(63,64)66-56-54-61(3,4)5)68-60(62)53-51-49-47-45-43-41-39-37-35-33-27-25-23-21-19-17-15-13-11-9-7-2/h8,10,14,16,20,22,26,28,59H,6-7,9,11-13,15,17-19,21,23-25,27,29-58H2,1-5H3/b10-8-,16-14-,22-20-,28-26-. The topological polar surface area (TPSA) is 94.1 Å². The van der Waals surface area contributed by atoms with Crippen LogP contribution in [-0.2, 0) is 27.9 Å². The molecule has 0 amide bonds. The molecule has 0 radical (unpaired) electrons. The third-order valence-electron chi connectivity index (χ3n) is 12.9. The van der Waals surface area contributed by atoms with Crippen LogP contribution in [0.25, 0.3) is 0 Å². The Kier molecular flexibility index (Phi) is 51.6. The van der Waals surface area contributed by atoms with Crippen LogP contribution in [0.2, 0.25) is 0 Å². The molecule has 0 aromatic carbocycles. The second kappa shape index (κ2) is 52.8. The third-order valence-corrected chi connectivity index (χ3v) is 13.9. The summed E-state index contributed by atoms with van der Waals surface area (Å²) in [6.07, 6.45) is 67.3. The molecule has 406 valence electrons. The van der Waals surface area contributed by atoms with Crippen molar-refractivity contribution in [3.05, 3.63) is 48.6 Å². The smallest absolute Gasteiger partial charge is 0.306 e. The number of hydrogen-bond donors (Lipinski definition) is 0. The Labute approximate surface area is 428 Å². The van der Waals surface area contributed by atoms with Crippen LogP contribution in [-0.4, -0.2) is 70.7 Å². The van der Waals surface area contributed by atoms with Gasteiger partial charge in [-0.1, -0.05) is 262 Å². The normalized spacial score (nSPS) is 13.8. The van der Waals surface area contributed by atoms with Gasteiger partial charge in [-0.2, -0.15) is 0 Å². The number of rotatable bonds is 55. The number of quaternary nitrogens is 1. The van der Waals surface area contributed by atoms with Gasteiger partial charge in [-0.25, -0.2) is 0 Å². The van der Waals surface area contributed by atoms with Crippen molar-refractivity contribution in [1.82, 2.24) is 0 Å². The molecule has 0 fully saturated rings. The van der Waals surface area contributed by atoms with Crippen LogP contribution in [0.4, 0.5) is 0 Å². The van der Waals surface area contributed by atoms with E-state index in [1.165, 1.54) is 193 Å². The molecule has 0 heterocycles. The minimum absolute atomic E-state index is 0.0271. The summed E-state index contributed by atoms with van der Waals surface area (Å²) >= 11 is 0. The number of ether oxygens (including phenoxy) is 2. The van der Waals surface area contributed by atoms with Crippen molar-refractivity contribution < 1.29 is 37.3 Å². The zero-order chi connectivity index (χ0) is 50.5. The molecular formula is C60H114NO7P. The number of phosphoric acid groups is 1. The zero-order valence-corrected chi connectivity index (χ0v) is 47.2. The first-order chi connectivity index (χ1) is 33.6. The van der Waals surface area contributed by atoms with Crippen LogP contribution in [0, 0.1) is 0 Å². The van der Waals surface area contributed by atoms with Crippen molar-refractivity contribution in [2.45, 2.75) is 277 Å². The van der Waals surface area contributed by atoms with E-state index in [4.69, 9.17) is 18.5 Å². The molecule has 0 aromatic rings. The highest BCUT2D eigenvalue weighted by Gasteiger charge is 2.20. The predicted octanol–water partition coefficient (Wildman–Crippen LogP) is 18.0. The SMILES string of the molecule is CC/C=C\C/C=C\C/C=C\C/C=C\CCCCCCCCCCCCCCCOCC(COP(=O)([O-])OCC[N+](C)(C)C)OC(=O)CCCCCCCCCCCCCCCCCCCCCCC. The number of hydrogen-bond acceptors (Lipinski definition) is 7. The average molecular weight is 993 g/mol. The Balaban J connectivity index is 4.03. The molecule has 0 saturated carbocycles. The van der Waals surface area contributed by atoms with Crippen LogP contribution < -0.4 is 4.89 Å². The van der Waals surface area contributed by atoms with Gasteiger partial charge in [-0.15, -0.1) is 0 Å². The van der Waals surface area contributed by atoms with Gasteiger partial charge in [-0.3, -0.25) is 9.36 Å². The van der Waals surface area contributed by atoms with Crippen molar-refractivity contribution in [2.75, 3.05) is 54.1 Å². The van der Waals surface area contributed by atoms with E-state index in [0.717, 1.165) is 57.8 Å². The van der Waals surface area contributed by atoms with E-state index in [1.54, 1.807) is 0 Å². The summed E-state index contributed by atoms with van der Waals surface area (Å²) in [5, 5.41) is 0. The van der Waals surface area contributed by atoms with Gasteiger partial charge in [0.25, 0.3) is 7.82 Å². The maximum Gasteiger partial charge on any atom is 0.306 e. The minimum Gasteiger partial charge on any atom is -0.756 e. The Morgan fingerprint density at radius 1 is 0.464 bits per heavy atom. The Bertz CT molecular complexity index is 1240. The summed E-state index contributed by atoms with van der Waals surface area (Å²) in [6.45, 7) is 5.35. The molecule has 8 nitrogen and oxygen atoms in total. The number of allylic oxidation sites excluding steroid dienone is 8. The Morgan fingerprint density at radius 2 is 0.841 bits per heavy atom. The molecule has 0 N–H and O–H groups in total. The summed E-state index contributed by atoms with van der Waals surface area (Å²) in [6, 6.07) is 0. The second-order valence-corrected chi connectivity index (χ2v) is 22.4. The maximum absolute atomic E-state index is 12.8. The fourth-order valence-corrected chi connectivity index (χ4v) is 9.15. The van der Waals surface area contributed by atoms with E-state index in [1.807, 2.05) is 21.1 Å². The summed E-state index contributed by atoms with van der Waals surface area (Å²) < 4.78 is 34.9. The lowest BCUT2D eigenvalue weighted by Crippen LogP contribution is -2.37. The fourth-order valence-electron chi connectivity index (χ4n) is 8.42. The number of unbranched alkanes of at least 4 members (excludes halogenated alkanes) is 33. The molecule has 0 saturated heterocycles. The monoisotopic (exact) mass is 992 g/mol. The average Bonchev–Trinajstić information content (AvgIpc) is 3.31. The molecule has 0 aliphatic carbocycles. The first-order valence-corrected chi connectivity index (χ1v) is 30.8. The maximum atomic E-state index is 12.8. The molecule has 9 heteroatoms. The fraction of sp³-hybridized carbons (Fsp3) is 0.850. The van der Waals surface area contributed by atoms with Gasteiger partial charge in [-0.05, 0) is 51.4 Å². The van der Waals surface area contributed by atoms with Crippen molar-refractivity contribution >= 4 is 13.8 Å². The molecular weight excluding hydrogens is 878 g/mol. The van der Waals surface area contributed by atoms with Crippen molar-refractivity contribution in [2.24, 2.45) is 0 Å². The van der Waals surface area contributed by atoms with Crippen LogP contribution in [0.3, 0.4) is 0 Å². The van der Waals surface area contributed by atoms with E-state index in [-0.39, 0.29) is 25.8 Å². The number of esters is 1. The Hall–Kier alpha value is -1.54. The highest BCUT2D eigenvalue weighted by atomic mass is 31.2. The quantitative estimate of drug-likeness (QED) is 0.0197. The van der Waals surface area contributed by atoms with Gasteiger partial charge in [0.15, 0.2) is 0 Å². The van der Waals surface area contributed by atoms with Crippen LogP contribution in [0.5, 0.6) is 0 Å². The first-order valence-electron chi connectivity index (χ1n) is 29.4. The molecule has 0 aromatic heterocycles. The highest BCUT2D eigenvalue weighted by molar-refractivity contribution is 7.45. The van der Waals surface area contributed by atoms with Crippen molar-refractivity contribution in [3.63, 3.8) is 0 Å². The first kappa shape index (κ1) is 67.5. The molecule has 0 rings (SSSR count). The number of likely N-dealkylation sites (N-methyl/N-ethyl adjacent to an activating group) is 1. The number of nitrogens with zero attached hydrogens (tertiary/aromatic N) is 1. The van der Waals surface area contributed by atoms with Gasteiger partial charge in [0.05, 0.1) is 34.4 Å². The van der Waals surface area contributed by atoms with Gasteiger partial charge >= 0.3 is 5.97 Å². The lowest BCUT2D eigenvalue weighted by molar-refractivity contribution is -0.870. The highest BCUT2D eigenvalue weighted by Crippen LogP contribution is 2.38. The second-order valence-electron chi connectivity index (χ2n) is 21.0. The van der Waals surface area contributed by atoms with Crippen LogP contribution in [0.15, 0.2) is 48.6 Å². The summed E-state index contributed by atoms with van der Waals surface area (Å²) in [7, 11) is 1.37. The number of phosphoric ester groups is 1. The van der Waals surface area contributed by atoms with E-state index < -0.39 is 13.9 Å². The van der Waals surface area contributed by atoms with E-state index in [9.17, 15) is 14.3 Å². The number of carbonyl (C=O) groups excluding carboxylic acids is 1. The van der Waals surface area contributed by atoms with Gasteiger partial charge in [0, 0.05) is 13.0 Å². The molecule has 2 atom stereocenters. The zero-order valence-electron chi connectivity index (χ0n) is 46.3. The van der Waals surface area contributed by atoms with Crippen molar-refractivity contribution in [3.8, 4) is 0 Å². The van der Waals surface area contributed by atoms with E-state index >= 15 is 0 Å². The summed E-state index contributed by atoms with van der Waals surface area (Å²) in [4.78, 5) is 25.3. The lowest BCUT2D eigenvalue weighted by atomic mass is 10.0. The lowest BCUT2D eigenvalue weighted by Gasteiger charge is -2.28. The van der Waals surface area contributed by atoms with Crippen molar-refractivity contribution in [1.29, 1.82) is 0 Å². The molecule has 0 spiro atoms. The van der Waals surface area contributed by atoms with E-state index in [0.29, 0.717) is 24.1 Å². The van der Waals surface area contributed by atoms with Gasteiger partial charge < -0.3 is 27.9 Å². The largest absolute Gasteiger partial charge is 0.756 e. The van der Waals surface area contributed by atoms with Crippen LogP contribution in [0.1, 0.15) is 271 Å². The van der Waals surface area contributed by atoms with Crippen LogP contribution >= 0.6 is 7.82 Å². The van der Waals surface area contributed by atoms with E-state index in [2.05, 4.69) is 62.5 Å². The molecule has 2 unspecified atom stereocenters. The predicted molar refractivity (Wildman–Crippen MR) is 296 cm³/mol. The molecule has 0 aliphatic rings. The summed E-state index contributed by atoms with van der Waals surface area (Å²) in [5.74, 6) is -0.329. The molecule has 0 aliphatic heterocycles. The summed E-state index contributed by atoms with van der Waals surface area (Å²) in [5.41, 5.74) is 0. The van der Waals surface area contributed by atoms with Gasteiger partial charge in [0.1, 0.15) is 19.3 Å². The Morgan fingerprint density at radius 3 is 1.26 bits per heavy atom. The molecule has 69 heavy (non-hydrogen) atoms. The third kappa shape index (κ3) is 57.2. The molecule has 0 bridgehead atoms. The minimum atomic E-state index is -4.53. The van der Waals surface area contributed by atoms with Gasteiger partial charge in [0.2, 0.25) is 0 Å².